The van der Waals surface area contributed by atoms with Crippen LogP contribution in [0, 0.1) is 0 Å². The third-order valence-corrected chi connectivity index (χ3v) is 8.92. The molecule has 1 heterocycles. The second kappa shape index (κ2) is 13.7. The van der Waals surface area contributed by atoms with Crippen molar-refractivity contribution in [3.8, 4) is 11.5 Å². The molecule has 0 atom stereocenters. The first-order chi connectivity index (χ1) is 22.3. The summed E-state index contributed by atoms with van der Waals surface area (Å²) in [6.07, 6.45) is 1.84. The Morgan fingerprint density at radius 2 is 1.72 bits per heavy atom. The van der Waals surface area contributed by atoms with Crippen molar-refractivity contribution in [1.29, 1.82) is 0 Å². The molecule has 1 saturated heterocycles. The maximum atomic E-state index is 14.1. The van der Waals surface area contributed by atoms with Crippen LogP contribution in [0.2, 0.25) is 10.0 Å². The van der Waals surface area contributed by atoms with Crippen molar-refractivity contribution in [3.05, 3.63) is 140 Å². The minimum absolute atomic E-state index is 0.168. The van der Waals surface area contributed by atoms with E-state index in [4.69, 9.17) is 37.7 Å². The molecule has 5 aromatic carbocycles. The van der Waals surface area contributed by atoms with Crippen LogP contribution in [-0.4, -0.2) is 34.2 Å². The lowest BCUT2D eigenvalue weighted by molar-refractivity contribution is -0.122. The van der Waals surface area contributed by atoms with Crippen LogP contribution in [0.4, 0.5) is 5.69 Å². The van der Waals surface area contributed by atoms with Gasteiger partial charge in [-0.1, -0.05) is 71.7 Å². The SMILES string of the molecule is COc1ccc(N=C2S/C(=C\c3c(OCc4ccc(Cl)cc4Cl)ccc4ccccc34)C(=O)N2Cc2ccc(C(=O)O)cc2)cc1. The van der Waals surface area contributed by atoms with Gasteiger partial charge in [-0.05, 0) is 88.8 Å². The molecule has 1 aliphatic rings. The fraction of sp³-hybridized carbons (Fsp3) is 0.0833. The Morgan fingerprint density at radius 3 is 2.43 bits per heavy atom. The molecular formula is C36H26Cl2N2O5S. The van der Waals surface area contributed by atoms with E-state index >= 15 is 0 Å². The Kier molecular flexibility index (Phi) is 9.30. The van der Waals surface area contributed by atoms with Gasteiger partial charge in [0.1, 0.15) is 18.1 Å². The first kappa shape index (κ1) is 31.2. The molecular weight excluding hydrogens is 643 g/mol. The number of carboxylic acids is 1. The number of hydrogen-bond donors (Lipinski definition) is 1. The summed E-state index contributed by atoms with van der Waals surface area (Å²) < 4.78 is 11.6. The Hall–Kier alpha value is -4.76. The van der Waals surface area contributed by atoms with E-state index < -0.39 is 5.97 Å². The molecule has 230 valence electrons. The number of aliphatic imine (C=N–C) groups is 1. The molecule has 6 rings (SSSR count). The molecule has 5 aromatic rings. The maximum Gasteiger partial charge on any atom is 0.335 e. The highest BCUT2D eigenvalue weighted by Gasteiger charge is 2.34. The number of rotatable bonds is 9. The highest BCUT2D eigenvalue weighted by atomic mass is 35.5. The van der Waals surface area contributed by atoms with Gasteiger partial charge in [-0.2, -0.15) is 0 Å². The topological polar surface area (TPSA) is 88.4 Å². The number of fused-ring (bicyclic) bond motifs is 1. The van der Waals surface area contributed by atoms with Gasteiger partial charge in [0.25, 0.3) is 5.91 Å². The van der Waals surface area contributed by atoms with Crippen LogP contribution in [0.15, 0.2) is 113 Å². The highest BCUT2D eigenvalue weighted by molar-refractivity contribution is 8.18. The molecule has 0 aliphatic carbocycles. The number of halogens is 2. The van der Waals surface area contributed by atoms with E-state index in [0.29, 0.717) is 37.3 Å². The van der Waals surface area contributed by atoms with Crippen molar-refractivity contribution < 1.29 is 24.2 Å². The Bertz CT molecular complexity index is 2010. The quantitative estimate of drug-likeness (QED) is 0.158. The van der Waals surface area contributed by atoms with Gasteiger partial charge in [0.2, 0.25) is 0 Å². The van der Waals surface area contributed by atoms with Gasteiger partial charge in [-0.3, -0.25) is 9.69 Å². The smallest absolute Gasteiger partial charge is 0.335 e. The average molecular weight is 670 g/mol. The van der Waals surface area contributed by atoms with Crippen LogP contribution in [-0.2, 0) is 17.9 Å². The van der Waals surface area contributed by atoms with Crippen LogP contribution in [0.25, 0.3) is 16.8 Å². The number of benzene rings is 5. The minimum atomic E-state index is -1.02. The number of thioether (sulfide) groups is 1. The van der Waals surface area contributed by atoms with Gasteiger partial charge in [0.15, 0.2) is 5.17 Å². The molecule has 0 aromatic heterocycles. The van der Waals surface area contributed by atoms with Gasteiger partial charge in [-0.25, -0.2) is 9.79 Å². The number of carbonyl (C=O) groups is 2. The molecule has 10 heteroatoms. The molecule has 0 bridgehead atoms. The van der Waals surface area contributed by atoms with Crippen molar-refractivity contribution in [3.63, 3.8) is 0 Å². The number of ether oxygens (including phenoxy) is 2. The van der Waals surface area contributed by atoms with Gasteiger partial charge >= 0.3 is 5.97 Å². The molecule has 46 heavy (non-hydrogen) atoms. The molecule has 1 N–H and O–H groups in total. The summed E-state index contributed by atoms with van der Waals surface area (Å²) >= 11 is 13.8. The van der Waals surface area contributed by atoms with Crippen LogP contribution < -0.4 is 9.47 Å². The summed E-state index contributed by atoms with van der Waals surface area (Å²) in [5, 5.41) is 12.8. The Morgan fingerprint density at radius 1 is 0.957 bits per heavy atom. The largest absolute Gasteiger partial charge is 0.497 e. The van der Waals surface area contributed by atoms with E-state index in [1.165, 1.54) is 23.9 Å². The summed E-state index contributed by atoms with van der Waals surface area (Å²) in [5.41, 5.74) is 3.10. The van der Waals surface area contributed by atoms with E-state index in [1.54, 1.807) is 48.4 Å². The zero-order valence-corrected chi connectivity index (χ0v) is 26.8. The molecule has 0 radical (unpaired) electrons. The van der Waals surface area contributed by atoms with E-state index in [1.807, 2.05) is 60.7 Å². The lowest BCUT2D eigenvalue weighted by Gasteiger charge is -2.16. The Labute approximate surface area is 279 Å². The normalized spacial score (nSPS) is 14.8. The number of amides is 1. The first-order valence-electron chi connectivity index (χ1n) is 14.1. The number of nitrogens with zero attached hydrogens (tertiary/aromatic N) is 2. The third-order valence-electron chi connectivity index (χ3n) is 7.33. The fourth-order valence-electron chi connectivity index (χ4n) is 4.91. The molecule has 1 aliphatic heterocycles. The minimum Gasteiger partial charge on any atom is -0.497 e. The zero-order valence-electron chi connectivity index (χ0n) is 24.4. The van der Waals surface area contributed by atoms with E-state index in [2.05, 4.69) is 0 Å². The lowest BCUT2D eigenvalue weighted by Crippen LogP contribution is -2.28. The molecule has 0 spiro atoms. The monoisotopic (exact) mass is 668 g/mol. The predicted molar refractivity (Wildman–Crippen MR) is 184 cm³/mol. The van der Waals surface area contributed by atoms with Crippen LogP contribution in [0.3, 0.4) is 0 Å². The maximum absolute atomic E-state index is 14.1. The third kappa shape index (κ3) is 6.89. The molecule has 1 fully saturated rings. The number of hydrogen-bond acceptors (Lipinski definition) is 6. The summed E-state index contributed by atoms with van der Waals surface area (Å²) in [6.45, 7) is 0.403. The van der Waals surface area contributed by atoms with Crippen molar-refractivity contribution in [2.24, 2.45) is 4.99 Å². The van der Waals surface area contributed by atoms with Crippen molar-refractivity contribution in [2.45, 2.75) is 13.2 Å². The van der Waals surface area contributed by atoms with E-state index in [0.717, 1.165) is 27.5 Å². The average Bonchev–Trinajstić information content (AvgIpc) is 3.34. The highest BCUT2D eigenvalue weighted by Crippen LogP contribution is 2.39. The molecule has 0 saturated carbocycles. The first-order valence-corrected chi connectivity index (χ1v) is 15.7. The zero-order chi connectivity index (χ0) is 32.2. The molecule has 0 unspecified atom stereocenters. The molecule has 1 amide bonds. The number of amidine groups is 1. The van der Waals surface area contributed by atoms with Gasteiger partial charge in [-0.15, -0.1) is 0 Å². The van der Waals surface area contributed by atoms with Gasteiger partial charge in [0.05, 0.1) is 29.8 Å². The number of carbonyl (C=O) groups excluding carboxylic acids is 1. The summed E-state index contributed by atoms with van der Waals surface area (Å²) in [7, 11) is 1.59. The summed E-state index contributed by atoms with van der Waals surface area (Å²) in [6, 6.07) is 30.7. The van der Waals surface area contributed by atoms with Crippen molar-refractivity contribution in [2.75, 3.05) is 7.11 Å². The number of aromatic carboxylic acids is 1. The van der Waals surface area contributed by atoms with Gasteiger partial charge in [0, 0.05) is 21.2 Å². The second-order valence-electron chi connectivity index (χ2n) is 10.3. The summed E-state index contributed by atoms with van der Waals surface area (Å²) in [5.74, 6) is 0.0254. The van der Waals surface area contributed by atoms with Crippen molar-refractivity contribution >= 4 is 74.5 Å². The number of methoxy groups -OCH3 is 1. The molecule has 7 nitrogen and oxygen atoms in total. The standard InChI is InChI=1S/C36H26Cl2N2O5S/c1-44-28-15-13-27(14-16-28)39-36-40(20-22-6-8-24(9-7-22)35(42)43)34(41)33(46-36)19-30-29-5-3-2-4-23(29)11-17-32(30)45-21-25-10-12-26(37)18-31(25)38/h2-19H,20-21H2,1H3,(H,42,43)/b33-19-,39-36?. The van der Waals surface area contributed by atoms with Crippen molar-refractivity contribution in [1.82, 2.24) is 4.90 Å². The Balaban J connectivity index is 1.39. The van der Waals surface area contributed by atoms with E-state index in [9.17, 15) is 14.7 Å². The van der Waals surface area contributed by atoms with Crippen LogP contribution >= 0.6 is 35.0 Å². The lowest BCUT2D eigenvalue weighted by atomic mass is 10.0. The second-order valence-corrected chi connectivity index (χ2v) is 12.2. The van der Waals surface area contributed by atoms with Crippen LogP contribution in [0.5, 0.6) is 11.5 Å². The number of carboxylic acid groups (broad SMARTS) is 1. The van der Waals surface area contributed by atoms with E-state index in [-0.39, 0.29) is 24.6 Å². The van der Waals surface area contributed by atoms with Crippen LogP contribution in [0.1, 0.15) is 27.0 Å². The predicted octanol–water partition coefficient (Wildman–Crippen LogP) is 9.24. The van der Waals surface area contributed by atoms with Gasteiger partial charge < -0.3 is 14.6 Å². The fourth-order valence-corrected chi connectivity index (χ4v) is 6.35. The summed E-state index contributed by atoms with van der Waals surface area (Å²) in [4.78, 5) is 32.3.